The van der Waals surface area contributed by atoms with Gasteiger partial charge in [-0.05, 0) is 55.0 Å². The van der Waals surface area contributed by atoms with Crippen molar-refractivity contribution >= 4 is 22.6 Å². The molecule has 36 heavy (non-hydrogen) atoms. The van der Waals surface area contributed by atoms with Crippen molar-refractivity contribution in [3.63, 3.8) is 0 Å². The Morgan fingerprint density at radius 2 is 1.72 bits per heavy atom. The Labute approximate surface area is 210 Å². The molecule has 184 valence electrons. The highest BCUT2D eigenvalue weighted by Gasteiger charge is 2.29. The molecule has 0 aliphatic carbocycles. The summed E-state index contributed by atoms with van der Waals surface area (Å²) in [6.07, 6.45) is 6.70. The van der Waals surface area contributed by atoms with E-state index in [4.69, 9.17) is 4.74 Å². The number of likely N-dealkylation sites (tertiary alicyclic amines) is 1. The molecular formula is C29H30N4O3. The third kappa shape index (κ3) is 4.69. The average molecular weight is 483 g/mol. The first-order valence-electron chi connectivity index (χ1n) is 12.3. The van der Waals surface area contributed by atoms with Crippen LogP contribution in [0.15, 0.2) is 79.4 Å². The molecule has 1 aliphatic heterocycles. The molecule has 7 heteroatoms. The van der Waals surface area contributed by atoms with E-state index >= 15 is 0 Å². The first-order valence-corrected chi connectivity index (χ1v) is 12.3. The summed E-state index contributed by atoms with van der Waals surface area (Å²) in [5.41, 5.74) is 2.74. The number of nitrogens with one attached hydrogen (secondary N) is 1. The molecule has 1 aromatic heterocycles. The fourth-order valence-electron chi connectivity index (χ4n) is 4.91. The highest BCUT2D eigenvalue weighted by Crippen LogP contribution is 2.30. The summed E-state index contributed by atoms with van der Waals surface area (Å²) in [5.74, 6) is 0.694. The predicted molar refractivity (Wildman–Crippen MR) is 139 cm³/mol. The smallest absolute Gasteiger partial charge is 0.254 e. The van der Waals surface area contributed by atoms with Crippen molar-refractivity contribution in [3.8, 4) is 11.4 Å². The van der Waals surface area contributed by atoms with E-state index in [1.54, 1.807) is 19.6 Å². The van der Waals surface area contributed by atoms with E-state index < -0.39 is 0 Å². The molecular weight excluding hydrogens is 452 g/mol. The summed E-state index contributed by atoms with van der Waals surface area (Å²) in [7, 11) is 1.64. The van der Waals surface area contributed by atoms with Crippen molar-refractivity contribution in [3.05, 3.63) is 90.5 Å². The second-order valence-electron chi connectivity index (χ2n) is 9.22. The van der Waals surface area contributed by atoms with Gasteiger partial charge in [0.1, 0.15) is 5.75 Å². The number of rotatable bonds is 6. The summed E-state index contributed by atoms with van der Waals surface area (Å²) >= 11 is 0. The minimum absolute atomic E-state index is 0.000869. The first kappa shape index (κ1) is 23.6. The lowest BCUT2D eigenvalue weighted by Crippen LogP contribution is -2.43. The predicted octanol–water partition coefficient (Wildman–Crippen LogP) is 4.76. The number of hydrogen-bond donors (Lipinski definition) is 1. The van der Waals surface area contributed by atoms with Gasteiger partial charge in [0.25, 0.3) is 5.91 Å². The van der Waals surface area contributed by atoms with Crippen LogP contribution in [0.4, 0.5) is 0 Å². The van der Waals surface area contributed by atoms with Gasteiger partial charge >= 0.3 is 0 Å². The van der Waals surface area contributed by atoms with E-state index in [-0.39, 0.29) is 23.8 Å². The molecule has 5 rings (SSSR count). The van der Waals surface area contributed by atoms with Crippen LogP contribution < -0.4 is 10.1 Å². The fourth-order valence-corrected chi connectivity index (χ4v) is 4.91. The Morgan fingerprint density at radius 1 is 1.00 bits per heavy atom. The zero-order chi connectivity index (χ0) is 25.1. The Balaban J connectivity index is 1.19. The summed E-state index contributed by atoms with van der Waals surface area (Å²) in [6, 6.07) is 19.5. The number of benzene rings is 3. The van der Waals surface area contributed by atoms with Gasteiger partial charge in [-0.15, -0.1) is 0 Å². The number of piperidine rings is 1. The normalized spacial score (nSPS) is 15.0. The van der Waals surface area contributed by atoms with Gasteiger partial charge in [-0.25, -0.2) is 4.98 Å². The van der Waals surface area contributed by atoms with E-state index in [9.17, 15) is 9.59 Å². The lowest BCUT2D eigenvalue weighted by atomic mass is 9.94. The van der Waals surface area contributed by atoms with Crippen LogP contribution in [0.2, 0.25) is 0 Å². The number of carbonyl (C=O) groups excluding carboxylic acids is 2. The van der Waals surface area contributed by atoms with E-state index in [1.807, 2.05) is 83.3 Å². The Bertz CT molecular complexity index is 1360. The van der Waals surface area contributed by atoms with Gasteiger partial charge in [0.15, 0.2) is 0 Å². The third-order valence-corrected chi connectivity index (χ3v) is 7.04. The largest absolute Gasteiger partial charge is 0.496 e. The van der Waals surface area contributed by atoms with Crippen molar-refractivity contribution in [1.82, 2.24) is 19.8 Å². The fraction of sp³-hybridized carbons (Fsp3) is 0.276. The summed E-state index contributed by atoms with van der Waals surface area (Å²) in [6.45, 7) is 3.12. The van der Waals surface area contributed by atoms with Gasteiger partial charge in [-0.3, -0.25) is 9.59 Å². The molecule has 1 saturated heterocycles. The summed E-state index contributed by atoms with van der Waals surface area (Å²) in [5, 5.41) is 4.96. The maximum absolute atomic E-state index is 13.3. The molecule has 1 atom stereocenters. The van der Waals surface area contributed by atoms with Crippen molar-refractivity contribution in [2.75, 3.05) is 20.2 Å². The molecule has 4 aromatic rings. The number of imidazole rings is 1. The Kier molecular flexibility index (Phi) is 6.71. The van der Waals surface area contributed by atoms with Crippen LogP contribution in [0.25, 0.3) is 16.5 Å². The highest BCUT2D eigenvalue weighted by atomic mass is 16.5. The van der Waals surface area contributed by atoms with E-state index in [0.29, 0.717) is 31.5 Å². The summed E-state index contributed by atoms with van der Waals surface area (Å²) in [4.78, 5) is 32.3. The molecule has 1 N–H and O–H groups in total. The van der Waals surface area contributed by atoms with Gasteiger partial charge < -0.3 is 19.5 Å². The number of ether oxygens (including phenoxy) is 1. The molecule has 0 bridgehead atoms. The molecule has 0 saturated carbocycles. The standard InChI is InChI=1S/C29H30N4O3/c1-20(21-7-9-23(10-8-21)33-18-15-30-19-33)31-28(34)22-13-16-32(17-14-22)29(35)26-11-12-27(36-2)25-6-4-3-5-24(25)26/h3-12,15,18-20,22H,13-14,16-17H2,1-2H3,(H,31,34)/t20-/m0/s1. The van der Waals surface area contributed by atoms with E-state index in [1.165, 1.54) is 0 Å². The average Bonchev–Trinajstić information content (AvgIpc) is 3.47. The van der Waals surface area contributed by atoms with Crippen LogP contribution in [0.5, 0.6) is 5.75 Å². The number of fused-ring (bicyclic) bond motifs is 1. The quantitative estimate of drug-likeness (QED) is 0.430. The molecule has 1 aliphatic rings. The molecule has 1 fully saturated rings. The first-order chi connectivity index (χ1) is 17.5. The molecule has 7 nitrogen and oxygen atoms in total. The van der Waals surface area contributed by atoms with Crippen LogP contribution in [0, 0.1) is 5.92 Å². The zero-order valence-electron chi connectivity index (χ0n) is 20.6. The van der Waals surface area contributed by atoms with Crippen LogP contribution in [-0.2, 0) is 4.79 Å². The van der Waals surface area contributed by atoms with Crippen LogP contribution in [0.1, 0.15) is 41.7 Å². The van der Waals surface area contributed by atoms with Crippen molar-refractivity contribution in [2.24, 2.45) is 5.92 Å². The van der Waals surface area contributed by atoms with Crippen LogP contribution >= 0.6 is 0 Å². The molecule has 2 heterocycles. The van der Waals surface area contributed by atoms with Crippen molar-refractivity contribution in [2.45, 2.75) is 25.8 Å². The van der Waals surface area contributed by atoms with E-state index in [0.717, 1.165) is 27.8 Å². The minimum Gasteiger partial charge on any atom is -0.496 e. The van der Waals surface area contributed by atoms with Gasteiger partial charge in [-0.1, -0.05) is 36.4 Å². The minimum atomic E-state index is -0.102. The maximum Gasteiger partial charge on any atom is 0.254 e. The molecule has 3 aromatic carbocycles. The second kappa shape index (κ2) is 10.2. The van der Waals surface area contributed by atoms with Gasteiger partial charge in [0, 0.05) is 48.0 Å². The SMILES string of the molecule is COc1ccc(C(=O)N2CCC(C(=O)N[C@@H](C)c3ccc(-n4ccnc4)cc3)CC2)c2ccccc12. The monoisotopic (exact) mass is 482 g/mol. The number of nitrogens with zero attached hydrogens (tertiary/aromatic N) is 3. The molecule has 0 unspecified atom stereocenters. The lowest BCUT2D eigenvalue weighted by Gasteiger charge is -2.32. The molecule has 0 radical (unpaired) electrons. The Morgan fingerprint density at radius 3 is 2.39 bits per heavy atom. The Hall–Kier alpha value is -4.13. The van der Waals surface area contributed by atoms with Gasteiger partial charge in [-0.2, -0.15) is 0 Å². The summed E-state index contributed by atoms with van der Waals surface area (Å²) < 4.78 is 7.40. The molecule has 2 amide bonds. The number of hydrogen-bond acceptors (Lipinski definition) is 4. The lowest BCUT2D eigenvalue weighted by molar-refractivity contribution is -0.127. The van der Waals surface area contributed by atoms with Crippen LogP contribution in [-0.4, -0.2) is 46.5 Å². The van der Waals surface area contributed by atoms with Crippen LogP contribution in [0.3, 0.4) is 0 Å². The second-order valence-corrected chi connectivity index (χ2v) is 9.22. The van der Waals surface area contributed by atoms with Gasteiger partial charge in [0.05, 0.1) is 19.5 Å². The van der Waals surface area contributed by atoms with Crippen molar-refractivity contribution < 1.29 is 14.3 Å². The van der Waals surface area contributed by atoms with Gasteiger partial charge in [0.2, 0.25) is 5.91 Å². The number of carbonyl (C=O) groups is 2. The topological polar surface area (TPSA) is 76.5 Å². The van der Waals surface area contributed by atoms with Crippen molar-refractivity contribution in [1.29, 1.82) is 0 Å². The zero-order valence-corrected chi connectivity index (χ0v) is 20.6. The maximum atomic E-state index is 13.3. The third-order valence-electron chi connectivity index (χ3n) is 7.04. The number of aromatic nitrogens is 2. The highest BCUT2D eigenvalue weighted by molar-refractivity contribution is 6.08. The molecule has 0 spiro atoms. The number of amides is 2. The van der Waals surface area contributed by atoms with E-state index in [2.05, 4.69) is 10.3 Å². The number of methoxy groups -OCH3 is 1.